The fourth-order valence-corrected chi connectivity index (χ4v) is 1.72. The van der Waals surface area contributed by atoms with Crippen LogP contribution in [0.4, 0.5) is 18.9 Å². The summed E-state index contributed by atoms with van der Waals surface area (Å²) >= 11 is 0. The minimum atomic E-state index is -4.41. The van der Waals surface area contributed by atoms with Crippen LogP contribution < -0.4 is 10.5 Å². The standard InChI is InChI=1S/C15H14F3NO/c1-9-3-5-12(7-10(9)2)20-14-6-4-11(8-13(14)19)15(16,17)18/h3-8H,19H2,1-2H3. The number of hydrogen-bond donors (Lipinski definition) is 1. The third kappa shape index (κ3) is 3.04. The van der Waals surface area contributed by atoms with Crippen molar-refractivity contribution in [2.45, 2.75) is 20.0 Å². The molecule has 0 atom stereocenters. The van der Waals surface area contributed by atoms with Gasteiger partial charge in [-0.2, -0.15) is 13.2 Å². The molecule has 0 aliphatic heterocycles. The molecule has 0 bridgehead atoms. The number of nitrogen functional groups attached to an aromatic ring is 1. The molecule has 0 unspecified atom stereocenters. The van der Waals surface area contributed by atoms with Crippen LogP contribution in [0.15, 0.2) is 36.4 Å². The predicted octanol–water partition coefficient (Wildman–Crippen LogP) is 4.70. The van der Waals surface area contributed by atoms with Crippen LogP contribution in [0.3, 0.4) is 0 Å². The maximum Gasteiger partial charge on any atom is 0.416 e. The van der Waals surface area contributed by atoms with Crippen molar-refractivity contribution in [3.63, 3.8) is 0 Å². The summed E-state index contributed by atoms with van der Waals surface area (Å²) in [5.74, 6) is 0.751. The molecule has 0 aliphatic carbocycles. The highest BCUT2D eigenvalue weighted by atomic mass is 19.4. The summed E-state index contributed by atoms with van der Waals surface area (Å²) in [4.78, 5) is 0. The Hall–Kier alpha value is -2.17. The highest BCUT2D eigenvalue weighted by Gasteiger charge is 2.30. The summed E-state index contributed by atoms with van der Waals surface area (Å²) in [6.07, 6.45) is -4.41. The Balaban J connectivity index is 2.28. The van der Waals surface area contributed by atoms with E-state index in [0.29, 0.717) is 5.75 Å². The number of anilines is 1. The van der Waals surface area contributed by atoms with Gasteiger partial charge in [-0.25, -0.2) is 0 Å². The van der Waals surface area contributed by atoms with Gasteiger partial charge in [-0.15, -0.1) is 0 Å². The molecule has 0 spiro atoms. The van der Waals surface area contributed by atoms with E-state index in [1.807, 2.05) is 26.0 Å². The van der Waals surface area contributed by atoms with Crippen molar-refractivity contribution in [1.82, 2.24) is 0 Å². The number of nitrogens with two attached hydrogens (primary N) is 1. The lowest BCUT2D eigenvalue weighted by Crippen LogP contribution is -2.06. The number of ether oxygens (including phenoxy) is 1. The van der Waals surface area contributed by atoms with Crippen molar-refractivity contribution in [2.75, 3.05) is 5.73 Å². The molecule has 0 heterocycles. The van der Waals surface area contributed by atoms with Crippen molar-refractivity contribution in [3.05, 3.63) is 53.1 Å². The van der Waals surface area contributed by atoms with Crippen molar-refractivity contribution in [3.8, 4) is 11.5 Å². The van der Waals surface area contributed by atoms with Crippen LogP contribution in [-0.2, 0) is 6.18 Å². The minimum Gasteiger partial charge on any atom is -0.455 e. The normalized spacial score (nSPS) is 11.4. The fourth-order valence-electron chi connectivity index (χ4n) is 1.72. The van der Waals surface area contributed by atoms with E-state index in [4.69, 9.17) is 10.5 Å². The van der Waals surface area contributed by atoms with E-state index in [0.717, 1.165) is 23.3 Å². The van der Waals surface area contributed by atoms with Crippen LogP contribution in [-0.4, -0.2) is 0 Å². The number of aryl methyl sites for hydroxylation is 2. The minimum absolute atomic E-state index is 0.0435. The van der Waals surface area contributed by atoms with Gasteiger partial charge in [-0.05, 0) is 55.3 Å². The Kier molecular flexibility index (Phi) is 3.61. The number of halogens is 3. The van der Waals surface area contributed by atoms with Crippen LogP contribution in [0.25, 0.3) is 0 Å². The molecule has 2 aromatic rings. The zero-order valence-electron chi connectivity index (χ0n) is 11.1. The topological polar surface area (TPSA) is 35.2 Å². The van der Waals surface area contributed by atoms with E-state index in [9.17, 15) is 13.2 Å². The quantitative estimate of drug-likeness (QED) is 0.810. The molecule has 2 nitrogen and oxygen atoms in total. The molecule has 20 heavy (non-hydrogen) atoms. The van der Waals surface area contributed by atoms with Crippen LogP contribution in [0.1, 0.15) is 16.7 Å². The number of rotatable bonds is 2. The lowest BCUT2D eigenvalue weighted by atomic mass is 10.1. The van der Waals surface area contributed by atoms with Gasteiger partial charge in [0.05, 0.1) is 11.3 Å². The second-order valence-corrected chi connectivity index (χ2v) is 4.60. The molecule has 0 amide bonds. The third-order valence-electron chi connectivity index (χ3n) is 3.04. The average Bonchev–Trinajstić information content (AvgIpc) is 2.35. The molecule has 0 saturated heterocycles. The summed E-state index contributed by atoms with van der Waals surface area (Å²) in [5.41, 5.74) is 6.92. The fraction of sp³-hybridized carbons (Fsp3) is 0.200. The second-order valence-electron chi connectivity index (χ2n) is 4.60. The molecule has 2 rings (SSSR count). The zero-order chi connectivity index (χ0) is 14.9. The van der Waals surface area contributed by atoms with Gasteiger partial charge in [0.1, 0.15) is 11.5 Å². The Morgan fingerprint density at radius 2 is 1.65 bits per heavy atom. The molecule has 0 aliphatic rings. The van der Waals surface area contributed by atoms with E-state index in [2.05, 4.69) is 0 Å². The number of benzene rings is 2. The molecular weight excluding hydrogens is 267 g/mol. The van der Waals surface area contributed by atoms with Crippen molar-refractivity contribution >= 4 is 5.69 Å². The first kappa shape index (κ1) is 14.2. The molecule has 0 radical (unpaired) electrons. The zero-order valence-corrected chi connectivity index (χ0v) is 11.1. The Bertz CT molecular complexity index is 636. The van der Waals surface area contributed by atoms with Crippen LogP contribution in [0.5, 0.6) is 11.5 Å². The highest BCUT2D eigenvalue weighted by Crippen LogP contribution is 2.35. The van der Waals surface area contributed by atoms with Crippen molar-refractivity contribution in [2.24, 2.45) is 0 Å². The van der Waals surface area contributed by atoms with Crippen molar-refractivity contribution in [1.29, 1.82) is 0 Å². The summed E-state index contributed by atoms with van der Waals surface area (Å²) < 4.78 is 43.1. The highest BCUT2D eigenvalue weighted by molar-refractivity contribution is 5.56. The van der Waals surface area contributed by atoms with Gasteiger partial charge in [0, 0.05) is 0 Å². The van der Waals surface area contributed by atoms with Crippen LogP contribution in [0.2, 0.25) is 0 Å². The Morgan fingerprint density at radius 1 is 0.950 bits per heavy atom. The molecule has 0 saturated carbocycles. The second kappa shape index (κ2) is 5.07. The molecule has 0 fully saturated rings. The molecule has 106 valence electrons. The summed E-state index contributed by atoms with van der Waals surface area (Å²) in [6, 6.07) is 8.49. The number of alkyl halides is 3. The van der Waals surface area contributed by atoms with Crippen LogP contribution >= 0.6 is 0 Å². The van der Waals surface area contributed by atoms with Gasteiger partial charge in [0.25, 0.3) is 0 Å². The smallest absolute Gasteiger partial charge is 0.416 e. The largest absolute Gasteiger partial charge is 0.455 e. The maximum absolute atomic E-state index is 12.5. The molecule has 0 aromatic heterocycles. The number of hydrogen-bond acceptors (Lipinski definition) is 2. The van der Waals surface area contributed by atoms with E-state index in [1.165, 1.54) is 6.07 Å². The lowest BCUT2D eigenvalue weighted by Gasteiger charge is -2.12. The van der Waals surface area contributed by atoms with Crippen LogP contribution in [0, 0.1) is 13.8 Å². The van der Waals surface area contributed by atoms with E-state index in [-0.39, 0.29) is 11.4 Å². The van der Waals surface area contributed by atoms with Gasteiger partial charge < -0.3 is 10.5 Å². The third-order valence-corrected chi connectivity index (χ3v) is 3.04. The van der Waals surface area contributed by atoms with Gasteiger partial charge >= 0.3 is 6.18 Å². The molecule has 2 aromatic carbocycles. The predicted molar refractivity (Wildman–Crippen MR) is 71.8 cm³/mol. The molecule has 5 heteroatoms. The first-order valence-electron chi connectivity index (χ1n) is 5.99. The van der Waals surface area contributed by atoms with Gasteiger partial charge in [0.2, 0.25) is 0 Å². The molecular formula is C15H14F3NO. The first-order chi connectivity index (χ1) is 9.27. The Labute approximate surface area is 115 Å². The van der Waals surface area contributed by atoms with E-state index in [1.54, 1.807) is 6.07 Å². The van der Waals surface area contributed by atoms with Crippen molar-refractivity contribution < 1.29 is 17.9 Å². The monoisotopic (exact) mass is 281 g/mol. The average molecular weight is 281 g/mol. The SMILES string of the molecule is Cc1ccc(Oc2ccc(C(F)(F)F)cc2N)cc1C. The van der Waals surface area contributed by atoms with E-state index >= 15 is 0 Å². The maximum atomic E-state index is 12.5. The van der Waals surface area contributed by atoms with Gasteiger partial charge in [-0.3, -0.25) is 0 Å². The molecule has 2 N–H and O–H groups in total. The Morgan fingerprint density at radius 3 is 2.20 bits per heavy atom. The van der Waals surface area contributed by atoms with E-state index < -0.39 is 11.7 Å². The van der Waals surface area contributed by atoms with Gasteiger partial charge in [-0.1, -0.05) is 6.07 Å². The lowest BCUT2D eigenvalue weighted by molar-refractivity contribution is -0.137. The first-order valence-corrected chi connectivity index (χ1v) is 5.99. The summed E-state index contributed by atoms with van der Waals surface area (Å²) in [5, 5.41) is 0. The summed E-state index contributed by atoms with van der Waals surface area (Å²) in [7, 11) is 0. The van der Waals surface area contributed by atoms with Gasteiger partial charge in [0.15, 0.2) is 0 Å². The summed E-state index contributed by atoms with van der Waals surface area (Å²) in [6.45, 7) is 3.89.